The second-order valence-electron chi connectivity index (χ2n) is 5.25. The highest BCUT2D eigenvalue weighted by molar-refractivity contribution is 7.13. The number of esters is 1. The van der Waals surface area contributed by atoms with E-state index in [2.05, 4.69) is 16.9 Å². The molecule has 0 spiro atoms. The number of hydrogen-bond donors (Lipinski definition) is 1. The Labute approximate surface area is 140 Å². The van der Waals surface area contributed by atoms with Crippen molar-refractivity contribution >= 4 is 28.1 Å². The molecule has 5 nitrogen and oxygen atoms in total. The highest BCUT2D eigenvalue weighted by Crippen LogP contribution is 2.25. The van der Waals surface area contributed by atoms with Crippen LogP contribution in [0, 0.1) is 0 Å². The van der Waals surface area contributed by atoms with Crippen LogP contribution in [0.2, 0.25) is 0 Å². The van der Waals surface area contributed by atoms with Gasteiger partial charge in [0.15, 0.2) is 5.13 Å². The molecule has 1 N–H and O–H groups in total. The second-order valence-corrected chi connectivity index (χ2v) is 6.15. The van der Waals surface area contributed by atoms with Gasteiger partial charge in [-0.3, -0.25) is 4.79 Å². The molecule has 0 bridgehead atoms. The molecule has 2 rings (SSSR count). The summed E-state index contributed by atoms with van der Waals surface area (Å²) in [6.45, 7) is 9.55. The average Bonchev–Trinajstić information content (AvgIpc) is 2.97. The molecule has 0 aliphatic carbocycles. The van der Waals surface area contributed by atoms with Crippen LogP contribution in [0.1, 0.15) is 31.9 Å². The fraction of sp³-hybridized carbons (Fsp3) is 0.294. The lowest BCUT2D eigenvalue weighted by Crippen LogP contribution is -2.07. The molecular weight excluding hydrogens is 312 g/mol. The van der Waals surface area contributed by atoms with Gasteiger partial charge in [0.05, 0.1) is 6.10 Å². The monoisotopic (exact) mass is 332 g/mol. The molecule has 122 valence electrons. The van der Waals surface area contributed by atoms with Crippen LogP contribution in [-0.4, -0.2) is 17.1 Å². The number of carbonyl (C=O) groups excluding carboxylic acids is 1. The number of nitrogens with zero attached hydrogens (tertiary/aromatic N) is 1. The number of benzene rings is 1. The third-order valence-corrected chi connectivity index (χ3v) is 3.51. The van der Waals surface area contributed by atoms with E-state index in [1.165, 1.54) is 18.3 Å². The zero-order chi connectivity index (χ0) is 16.8. The number of anilines is 1. The first-order valence-electron chi connectivity index (χ1n) is 7.24. The van der Waals surface area contributed by atoms with Crippen LogP contribution >= 0.6 is 11.3 Å². The van der Waals surface area contributed by atoms with Crippen molar-refractivity contribution in [1.29, 1.82) is 0 Å². The van der Waals surface area contributed by atoms with Gasteiger partial charge >= 0.3 is 5.97 Å². The predicted octanol–water partition coefficient (Wildman–Crippen LogP) is 4.08. The zero-order valence-corrected chi connectivity index (χ0v) is 14.3. The van der Waals surface area contributed by atoms with Gasteiger partial charge in [0.25, 0.3) is 0 Å². The van der Waals surface area contributed by atoms with Gasteiger partial charge in [0, 0.05) is 29.8 Å². The summed E-state index contributed by atoms with van der Waals surface area (Å²) in [6.07, 6.45) is 1.78. The van der Waals surface area contributed by atoms with Gasteiger partial charge in [0.2, 0.25) is 0 Å². The van der Waals surface area contributed by atoms with E-state index in [9.17, 15) is 4.79 Å². The Bertz CT molecular complexity index is 681. The minimum absolute atomic E-state index is 0.0482. The fourth-order valence-corrected chi connectivity index (χ4v) is 2.48. The molecule has 2 aromatic rings. The number of aromatic nitrogens is 1. The number of rotatable bonds is 7. The van der Waals surface area contributed by atoms with Crippen molar-refractivity contribution in [2.75, 3.05) is 5.32 Å². The molecule has 0 radical (unpaired) electrons. The molecule has 0 saturated heterocycles. The summed E-state index contributed by atoms with van der Waals surface area (Å²) < 4.78 is 10.8. The summed E-state index contributed by atoms with van der Waals surface area (Å²) >= 11 is 1.50. The van der Waals surface area contributed by atoms with Crippen LogP contribution in [0.15, 0.2) is 36.4 Å². The standard InChI is InChI=1S/C17H20N2O3S/c1-11(2)22-16-8-14(10-21-13(4)20)7-15(9-16)12(3)19-17-18-5-6-23-17/h5-9,11H,3,10H2,1-2,4H3,(H,18,19). The van der Waals surface area contributed by atoms with Crippen molar-refractivity contribution in [2.24, 2.45) is 0 Å². The lowest BCUT2D eigenvalue weighted by atomic mass is 10.1. The Balaban J connectivity index is 2.23. The normalized spacial score (nSPS) is 10.4. The average molecular weight is 332 g/mol. The van der Waals surface area contributed by atoms with E-state index >= 15 is 0 Å². The number of carbonyl (C=O) groups is 1. The molecule has 0 saturated carbocycles. The Morgan fingerprint density at radius 1 is 1.39 bits per heavy atom. The SMILES string of the molecule is C=C(Nc1nccs1)c1cc(COC(C)=O)cc(OC(C)C)c1. The van der Waals surface area contributed by atoms with Gasteiger partial charge in [0.1, 0.15) is 12.4 Å². The number of hydrogen-bond acceptors (Lipinski definition) is 6. The zero-order valence-electron chi connectivity index (χ0n) is 13.5. The summed E-state index contributed by atoms with van der Waals surface area (Å²) in [5, 5.41) is 5.82. The highest BCUT2D eigenvalue weighted by Gasteiger charge is 2.09. The minimum Gasteiger partial charge on any atom is -0.491 e. The number of nitrogens with one attached hydrogen (secondary N) is 1. The molecule has 0 amide bonds. The van der Waals surface area contributed by atoms with Crippen LogP contribution in [0.3, 0.4) is 0 Å². The Morgan fingerprint density at radius 2 is 2.17 bits per heavy atom. The molecule has 0 unspecified atom stereocenters. The van der Waals surface area contributed by atoms with Gasteiger partial charge in [-0.1, -0.05) is 6.58 Å². The Morgan fingerprint density at radius 3 is 2.78 bits per heavy atom. The van der Waals surface area contributed by atoms with Gasteiger partial charge < -0.3 is 14.8 Å². The quantitative estimate of drug-likeness (QED) is 0.774. The van der Waals surface area contributed by atoms with Crippen LogP contribution in [0.4, 0.5) is 5.13 Å². The van der Waals surface area contributed by atoms with Gasteiger partial charge in [-0.2, -0.15) is 0 Å². The van der Waals surface area contributed by atoms with Gasteiger partial charge in [-0.05, 0) is 37.6 Å². The van der Waals surface area contributed by atoms with Crippen LogP contribution in [0.5, 0.6) is 5.75 Å². The van der Waals surface area contributed by atoms with Crippen molar-refractivity contribution in [2.45, 2.75) is 33.5 Å². The molecule has 23 heavy (non-hydrogen) atoms. The molecule has 1 heterocycles. The Kier molecular flexibility index (Phi) is 5.76. The topological polar surface area (TPSA) is 60.5 Å². The molecule has 0 aliphatic rings. The smallest absolute Gasteiger partial charge is 0.302 e. The van der Waals surface area contributed by atoms with E-state index in [0.717, 1.165) is 16.3 Å². The first-order valence-corrected chi connectivity index (χ1v) is 8.12. The van der Waals surface area contributed by atoms with Crippen molar-refractivity contribution in [1.82, 2.24) is 4.98 Å². The van der Waals surface area contributed by atoms with E-state index in [4.69, 9.17) is 9.47 Å². The second kappa shape index (κ2) is 7.78. The summed E-state index contributed by atoms with van der Waals surface area (Å²) in [5.41, 5.74) is 2.41. The molecular formula is C17H20N2O3S. The van der Waals surface area contributed by atoms with Crippen LogP contribution in [-0.2, 0) is 16.1 Å². The third kappa shape index (κ3) is 5.41. The molecule has 0 atom stereocenters. The number of thiazole rings is 1. The predicted molar refractivity (Wildman–Crippen MR) is 92.4 cm³/mol. The molecule has 0 fully saturated rings. The van der Waals surface area contributed by atoms with Crippen molar-refractivity contribution < 1.29 is 14.3 Å². The van der Waals surface area contributed by atoms with Crippen LogP contribution in [0.25, 0.3) is 5.70 Å². The van der Waals surface area contributed by atoms with Crippen LogP contribution < -0.4 is 10.1 Å². The van der Waals surface area contributed by atoms with E-state index in [1.54, 1.807) is 6.20 Å². The summed E-state index contributed by atoms with van der Waals surface area (Å²) in [7, 11) is 0. The summed E-state index contributed by atoms with van der Waals surface area (Å²) in [4.78, 5) is 15.2. The first kappa shape index (κ1) is 17.0. The van der Waals surface area contributed by atoms with E-state index in [-0.39, 0.29) is 18.7 Å². The highest BCUT2D eigenvalue weighted by atomic mass is 32.1. The lowest BCUT2D eigenvalue weighted by Gasteiger charge is -2.15. The minimum atomic E-state index is -0.318. The molecule has 6 heteroatoms. The summed E-state index contributed by atoms with van der Waals surface area (Å²) in [6, 6.07) is 5.68. The lowest BCUT2D eigenvalue weighted by molar-refractivity contribution is -0.142. The molecule has 0 aliphatic heterocycles. The van der Waals surface area contributed by atoms with E-state index in [0.29, 0.717) is 11.4 Å². The molecule has 1 aromatic carbocycles. The van der Waals surface area contributed by atoms with Gasteiger partial charge in [-0.15, -0.1) is 11.3 Å². The first-order chi connectivity index (χ1) is 10.9. The maximum absolute atomic E-state index is 11.0. The fourth-order valence-electron chi connectivity index (χ4n) is 1.93. The number of ether oxygens (including phenoxy) is 2. The maximum Gasteiger partial charge on any atom is 0.302 e. The van der Waals surface area contributed by atoms with Crippen molar-refractivity contribution in [3.8, 4) is 5.75 Å². The largest absolute Gasteiger partial charge is 0.491 e. The van der Waals surface area contributed by atoms with E-state index < -0.39 is 0 Å². The maximum atomic E-state index is 11.0. The Hall–Kier alpha value is -2.34. The van der Waals surface area contributed by atoms with Crippen molar-refractivity contribution in [3.05, 3.63) is 47.5 Å². The third-order valence-electron chi connectivity index (χ3n) is 2.82. The van der Waals surface area contributed by atoms with Crippen molar-refractivity contribution in [3.63, 3.8) is 0 Å². The molecule has 1 aromatic heterocycles. The van der Waals surface area contributed by atoms with Gasteiger partial charge in [-0.25, -0.2) is 4.98 Å². The van der Waals surface area contributed by atoms with E-state index in [1.807, 2.05) is 37.4 Å². The summed E-state index contributed by atoms with van der Waals surface area (Å²) in [5.74, 6) is 0.392.